The Morgan fingerprint density at radius 1 is 0.932 bits per heavy atom. The molecule has 10 heteroatoms. The Hall–Kier alpha value is -4.54. The number of amides is 2. The molecular weight excluding hydrogens is 558 g/mol. The third-order valence-electron chi connectivity index (χ3n) is 8.25. The number of methoxy groups -OCH3 is 2. The van der Waals surface area contributed by atoms with Crippen LogP contribution in [-0.2, 0) is 4.84 Å². The summed E-state index contributed by atoms with van der Waals surface area (Å²) in [6, 6.07) is 20.9. The number of hydrogen-bond acceptors (Lipinski definition) is 8. The van der Waals surface area contributed by atoms with Gasteiger partial charge in [0.2, 0.25) is 0 Å². The van der Waals surface area contributed by atoms with Crippen LogP contribution in [0.2, 0.25) is 0 Å². The Morgan fingerprint density at radius 3 is 2.39 bits per heavy atom. The molecule has 2 N–H and O–H groups in total. The Morgan fingerprint density at radius 2 is 1.64 bits per heavy atom. The van der Waals surface area contributed by atoms with Gasteiger partial charge in [-0.2, -0.15) is 0 Å². The van der Waals surface area contributed by atoms with Crippen molar-refractivity contribution in [3.63, 3.8) is 0 Å². The van der Waals surface area contributed by atoms with Crippen LogP contribution >= 0.6 is 0 Å². The van der Waals surface area contributed by atoms with Crippen molar-refractivity contribution in [3.8, 4) is 17.2 Å². The smallest absolute Gasteiger partial charge is 0.323 e. The van der Waals surface area contributed by atoms with Gasteiger partial charge >= 0.3 is 6.03 Å². The molecule has 3 aromatic carbocycles. The largest absolute Gasteiger partial charge is 0.493 e. The molecule has 0 saturated carbocycles. The second kappa shape index (κ2) is 13.4. The molecule has 2 unspecified atom stereocenters. The van der Waals surface area contributed by atoms with E-state index in [0.29, 0.717) is 35.2 Å². The first-order chi connectivity index (χ1) is 21.5. The standard InChI is InChI=1S/C34H39N5O5/c1-23(17-24-7-5-4-6-8-24)20-38-13-15-39(16-14-38)21-32-28-22-43-30-18-25(9-11-27(30)33(28)37-44-32)35-34(40)36-26-10-12-29(41-2)31(19-26)42-3/h4-12,17-19,28,32H,13-16,20-22H2,1-3H3,(H2,35,36,40). The van der Waals surface area contributed by atoms with Gasteiger partial charge in [-0.05, 0) is 36.8 Å². The second-order valence-corrected chi connectivity index (χ2v) is 11.4. The zero-order valence-electron chi connectivity index (χ0n) is 25.4. The summed E-state index contributed by atoms with van der Waals surface area (Å²) in [6.45, 7) is 8.55. The Balaban J connectivity index is 0.994. The van der Waals surface area contributed by atoms with Gasteiger partial charge in [-0.15, -0.1) is 0 Å². The zero-order chi connectivity index (χ0) is 30.5. The quantitative estimate of drug-likeness (QED) is 0.351. The SMILES string of the molecule is COc1ccc(NC(=O)Nc2ccc3c(c2)OCC2C3=NOC2CN2CCN(CC(C)=Cc3ccccc3)CC2)cc1OC. The molecule has 10 nitrogen and oxygen atoms in total. The molecule has 2 amide bonds. The fourth-order valence-electron chi connectivity index (χ4n) is 5.97. The molecule has 3 aliphatic heterocycles. The first-order valence-corrected chi connectivity index (χ1v) is 15.0. The highest BCUT2D eigenvalue weighted by Crippen LogP contribution is 2.36. The highest BCUT2D eigenvalue weighted by molar-refractivity contribution is 6.07. The number of carbonyl (C=O) groups excluding carboxylic acids is 1. The number of carbonyl (C=O) groups is 1. The summed E-state index contributed by atoms with van der Waals surface area (Å²) in [5, 5.41) is 10.2. The van der Waals surface area contributed by atoms with Crippen molar-refractivity contribution in [3.05, 3.63) is 83.4 Å². The minimum Gasteiger partial charge on any atom is -0.493 e. The van der Waals surface area contributed by atoms with E-state index in [1.54, 1.807) is 32.4 Å². The van der Waals surface area contributed by atoms with Crippen LogP contribution in [0.5, 0.6) is 17.2 Å². The fraction of sp³-hybridized carbons (Fsp3) is 0.353. The summed E-state index contributed by atoms with van der Waals surface area (Å²) in [4.78, 5) is 23.6. The molecule has 3 heterocycles. The van der Waals surface area contributed by atoms with Crippen molar-refractivity contribution in [1.29, 1.82) is 0 Å². The molecule has 2 atom stereocenters. The van der Waals surface area contributed by atoms with Gasteiger partial charge in [-0.1, -0.05) is 47.1 Å². The molecule has 0 spiro atoms. The van der Waals surface area contributed by atoms with Crippen molar-refractivity contribution < 1.29 is 23.8 Å². The number of oxime groups is 1. The Bertz CT molecular complexity index is 1530. The highest BCUT2D eigenvalue weighted by Gasteiger charge is 2.41. The van der Waals surface area contributed by atoms with Gasteiger partial charge in [0.25, 0.3) is 0 Å². The number of nitrogens with zero attached hydrogens (tertiary/aromatic N) is 3. The van der Waals surface area contributed by atoms with Crippen LogP contribution in [-0.4, -0.2) is 87.7 Å². The lowest BCUT2D eigenvalue weighted by Crippen LogP contribution is -2.50. The third-order valence-corrected chi connectivity index (χ3v) is 8.25. The molecule has 0 aromatic heterocycles. The van der Waals surface area contributed by atoms with Crippen LogP contribution in [0.25, 0.3) is 6.08 Å². The number of rotatable bonds is 9. The maximum atomic E-state index is 12.7. The van der Waals surface area contributed by atoms with E-state index in [1.165, 1.54) is 11.1 Å². The van der Waals surface area contributed by atoms with Crippen LogP contribution < -0.4 is 24.8 Å². The minimum absolute atomic E-state index is 0.0468. The van der Waals surface area contributed by atoms with Crippen molar-refractivity contribution in [1.82, 2.24) is 9.80 Å². The van der Waals surface area contributed by atoms with Gasteiger partial charge in [0.1, 0.15) is 18.1 Å². The van der Waals surface area contributed by atoms with Gasteiger partial charge in [0, 0.05) is 68.3 Å². The van der Waals surface area contributed by atoms with Crippen LogP contribution in [0.1, 0.15) is 18.1 Å². The molecule has 0 radical (unpaired) electrons. The van der Waals surface area contributed by atoms with Crippen LogP contribution in [0.15, 0.2) is 77.5 Å². The number of nitrogens with one attached hydrogen (secondary N) is 2. The molecule has 44 heavy (non-hydrogen) atoms. The number of benzene rings is 3. The number of hydrogen-bond donors (Lipinski definition) is 2. The van der Waals surface area contributed by atoms with E-state index in [1.807, 2.05) is 24.3 Å². The maximum absolute atomic E-state index is 12.7. The number of piperazine rings is 1. The van der Waals surface area contributed by atoms with Gasteiger partial charge < -0.3 is 29.7 Å². The molecular formula is C34H39N5O5. The molecule has 0 bridgehead atoms. The van der Waals surface area contributed by atoms with Crippen molar-refractivity contribution in [2.45, 2.75) is 13.0 Å². The van der Waals surface area contributed by atoms with Gasteiger partial charge in [-0.25, -0.2) is 4.79 Å². The Labute approximate surface area is 258 Å². The number of anilines is 2. The fourth-order valence-corrected chi connectivity index (χ4v) is 5.97. The van der Waals surface area contributed by atoms with Gasteiger partial charge in [0.15, 0.2) is 17.6 Å². The first-order valence-electron chi connectivity index (χ1n) is 15.0. The summed E-state index contributed by atoms with van der Waals surface area (Å²) >= 11 is 0. The summed E-state index contributed by atoms with van der Waals surface area (Å²) < 4.78 is 16.7. The lowest BCUT2D eigenvalue weighted by atomic mass is 9.90. The molecule has 1 saturated heterocycles. The molecule has 3 aromatic rings. The predicted molar refractivity (Wildman–Crippen MR) is 172 cm³/mol. The molecule has 230 valence electrons. The Kier molecular flexibility index (Phi) is 8.99. The van der Waals surface area contributed by atoms with Gasteiger partial charge in [0.05, 0.1) is 20.1 Å². The van der Waals surface area contributed by atoms with Crippen LogP contribution in [0.3, 0.4) is 0 Å². The zero-order valence-corrected chi connectivity index (χ0v) is 25.4. The number of ether oxygens (including phenoxy) is 3. The average molecular weight is 598 g/mol. The molecule has 0 aliphatic carbocycles. The molecule has 3 aliphatic rings. The lowest BCUT2D eigenvalue weighted by Gasteiger charge is -2.36. The van der Waals surface area contributed by atoms with Crippen molar-refractivity contribution in [2.75, 3.05) is 70.7 Å². The number of fused-ring (bicyclic) bond motifs is 3. The van der Waals surface area contributed by atoms with Gasteiger partial charge in [-0.3, -0.25) is 9.80 Å². The monoisotopic (exact) mass is 597 g/mol. The highest BCUT2D eigenvalue weighted by atomic mass is 16.6. The molecule has 6 rings (SSSR count). The van der Waals surface area contributed by atoms with Crippen LogP contribution in [0, 0.1) is 5.92 Å². The third kappa shape index (κ3) is 6.82. The maximum Gasteiger partial charge on any atom is 0.323 e. The predicted octanol–water partition coefficient (Wildman–Crippen LogP) is 5.18. The summed E-state index contributed by atoms with van der Waals surface area (Å²) in [5.41, 5.74) is 5.63. The molecule has 1 fully saturated rings. The van der Waals surface area contributed by atoms with E-state index in [0.717, 1.165) is 50.5 Å². The average Bonchev–Trinajstić information content (AvgIpc) is 3.45. The van der Waals surface area contributed by atoms with Crippen LogP contribution in [0.4, 0.5) is 16.2 Å². The topological polar surface area (TPSA) is 96.9 Å². The van der Waals surface area contributed by atoms with E-state index in [2.05, 4.69) is 62.9 Å². The van der Waals surface area contributed by atoms with E-state index in [-0.39, 0.29) is 18.1 Å². The normalized spacial score (nSPS) is 20.0. The van der Waals surface area contributed by atoms with E-state index in [4.69, 9.17) is 19.0 Å². The van der Waals surface area contributed by atoms with E-state index >= 15 is 0 Å². The van der Waals surface area contributed by atoms with Crippen molar-refractivity contribution in [2.24, 2.45) is 11.1 Å². The van der Waals surface area contributed by atoms with E-state index in [9.17, 15) is 4.79 Å². The number of urea groups is 1. The summed E-state index contributed by atoms with van der Waals surface area (Å²) in [5.74, 6) is 1.87. The van der Waals surface area contributed by atoms with E-state index < -0.39 is 0 Å². The second-order valence-electron chi connectivity index (χ2n) is 11.4. The van der Waals surface area contributed by atoms with Crippen molar-refractivity contribution >= 4 is 29.2 Å². The summed E-state index contributed by atoms with van der Waals surface area (Å²) in [6.07, 6.45) is 2.22. The first kappa shape index (κ1) is 29.5. The lowest BCUT2D eigenvalue weighted by molar-refractivity contribution is 0.0101. The minimum atomic E-state index is -0.380. The summed E-state index contributed by atoms with van der Waals surface area (Å²) in [7, 11) is 3.12.